The second kappa shape index (κ2) is 6.03. The molecule has 0 unspecified atom stereocenters. The van der Waals surface area contributed by atoms with Crippen molar-refractivity contribution in [1.29, 1.82) is 0 Å². The lowest BCUT2D eigenvalue weighted by Crippen LogP contribution is -2.13. The molecule has 0 spiro atoms. The Hall–Kier alpha value is -0.910. The first kappa shape index (κ1) is 14.5. The molecule has 0 aromatic carbocycles. The lowest BCUT2D eigenvalue weighted by molar-refractivity contribution is 0.102. The van der Waals surface area contributed by atoms with E-state index < -0.39 is 0 Å². The minimum absolute atomic E-state index is 0.171. The molecule has 4 nitrogen and oxygen atoms in total. The van der Waals surface area contributed by atoms with Gasteiger partial charge in [0.15, 0.2) is 0 Å². The number of hydrogen-bond acceptors (Lipinski definition) is 3. The molecule has 0 saturated carbocycles. The van der Waals surface area contributed by atoms with E-state index in [2.05, 4.69) is 26.0 Å². The molecular weight excluding hydrogens is 353 g/mol. The number of halogens is 3. The SMILES string of the molecule is CCCn1ncc(Br)c1C(=O)c1ncc(Cl)cc1Cl. The minimum atomic E-state index is -0.278. The van der Waals surface area contributed by atoms with Crippen molar-refractivity contribution >= 4 is 44.9 Å². The predicted octanol–water partition coefficient (Wildman–Crippen LogP) is 3.99. The quantitative estimate of drug-likeness (QED) is 0.772. The third kappa shape index (κ3) is 2.99. The van der Waals surface area contributed by atoms with Crippen molar-refractivity contribution in [2.24, 2.45) is 0 Å². The van der Waals surface area contributed by atoms with Gasteiger partial charge in [0.05, 0.1) is 20.7 Å². The highest BCUT2D eigenvalue weighted by atomic mass is 79.9. The van der Waals surface area contributed by atoms with E-state index >= 15 is 0 Å². The molecule has 2 aromatic heterocycles. The Morgan fingerprint density at radius 2 is 2.16 bits per heavy atom. The number of carbonyl (C=O) groups is 1. The van der Waals surface area contributed by atoms with Crippen LogP contribution in [0, 0.1) is 0 Å². The highest BCUT2D eigenvalue weighted by Gasteiger charge is 2.22. The highest BCUT2D eigenvalue weighted by Crippen LogP contribution is 2.24. The van der Waals surface area contributed by atoms with Gasteiger partial charge in [0, 0.05) is 12.7 Å². The number of rotatable bonds is 4. The molecule has 100 valence electrons. The molecule has 7 heteroatoms. The summed E-state index contributed by atoms with van der Waals surface area (Å²) in [5, 5.41) is 4.77. The van der Waals surface area contributed by atoms with E-state index in [1.54, 1.807) is 10.9 Å². The van der Waals surface area contributed by atoms with E-state index in [0.29, 0.717) is 21.7 Å². The van der Waals surface area contributed by atoms with Crippen LogP contribution < -0.4 is 0 Å². The third-order valence-corrected chi connectivity index (χ3v) is 3.54. The number of nitrogens with zero attached hydrogens (tertiary/aromatic N) is 3. The van der Waals surface area contributed by atoms with E-state index in [-0.39, 0.29) is 16.5 Å². The summed E-state index contributed by atoms with van der Waals surface area (Å²) < 4.78 is 2.26. The Balaban J connectivity index is 2.46. The zero-order valence-electron chi connectivity index (χ0n) is 10.0. The summed E-state index contributed by atoms with van der Waals surface area (Å²) in [5.41, 5.74) is 0.614. The Morgan fingerprint density at radius 3 is 2.79 bits per heavy atom. The summed E-state index contributed by atoms with van der Waals surface area (Å²) in [4.78, 5) is 16.5. The molecule has 0 radical (unpaired) electrons. The van der Waals surface area contributed by atoms with Gasteiger partial charge in [0.25, 0.3) is 0 Å². The Bertz CT molecular complexity index is 627. The summed E-state index contributed by atoms with van der Waals surface area (Å²) in [6.45, 7) is 2.66. The Labute approximate surface area is 128 Å². The maximum atomic E-state index is 12.5. The first-order valence-corrected chi connectivity index (χ1v) is 7.16. The van der Waals surface area contributed by atoms with Crippen LogP contribution in [-0.2, 0) is 6.54 Å². The zero-order valence-corrected chi connectivity index (χ0v) is 13.1. The van der Waals surface area contributed by atoms with Crippen molar-refractivity contribution in [3.05, 3.63) is 44.4 Å². The molecule has 2 heterocycles. The van der Waals surface area contributed by atoms with Crippen molar-refractivity contribution in [2.75, 3.05) is 0 Å². The fraction of sp³-hybridized carbons (Fsp3) is 0.250. The maximum absolute atomic E-state index is 12.5. The van der Waals surface area contributed by atoms with Crippen LogP contribution >= 0.6 is 39.1 Å². The molecule has 0 bridgehead atoms. The van der Waals surface area contributed by atoms with Crippen LogP contribution in [-0.4, -0.2) is 20.5 Å². The predicted molar refractivity (Wildman–Crippen MR) is 77.9 cm³/mol. The lowest BCUT2D eigenvalue weighted by atomic mass is 10.2. The summed E-state index contributed by atoms with van der Waals surface area (Å²) in [5.74, 6) is -0.278. The first-order valence-electron chi connectivity index (χ1n) is 5.61. The fourth-order valence-electron chi connectivity index (χ4n) is 1.66. The number of pyridine rings is 1. The van der Waals surface area contributed by atoms with Gasteiger partial charge in [-0.1, -0.05) is 30.1 Å². The van der Waals surface area contributed by atoms with E-state index in [1.807, 2.05) is 6.92 Å². The van der Waals surface area contributed by atoms with Gasteiger partial charge < -0.3 is 0 Å². The van der Waals surface area contributed by atoms with Crippen molar-refractivity contribution in [3.63, 3.8) is 0 Å². The number of ketones is 1. The van der Waals surface area contributed by atoms with E-state index in [4.69, 9.17) is 23.2 Å². The summed E-state index contributed by atoms with van der Waals surface area (Å²) >= 11 is 15.1. The van der Waals surface area contributed by atoms with Crippen LogP contribution in [0.5, 0.6) is 0 Å². The minimum Gasteiger partial charge on any atom is -0.285 e. The van der Waals surface area contributed by atoms with Crippen LogP contribution in [0.3, 0.4) is 0 Å². The largest absolute Gasteiger partial charge is 0.285 e. The molecule has 0 saturated heterocycles. The lowest BCUT2D eigenvalue weighted by Gasteiger charge is -2.07. The van der Waals surface area contributed by atoms with Gasteiger partial charge in [0.2, 0.25) is 5.78 Å². The van der Waals surface area contributed by atoms with Crippen molar-refractivity contribution < 1.29 is 4.79 Å². The molecule has 0 N–H and O–H groups in total. The normalized spacial score (nSPS) is 10.7. The van der Waals surface area contributed by atoms with Gasteiger partial charge in [-0.3, -0.25) is 9.48 Å². The molecule has 0 amide bonds. The number of hydrogen-bond donors (Lipinski definition) is 0. The Morgan fingerprint density at radius 1 is 1.42 bits per heavy atom. The molecular formula is C12H10BrCl2N3O. The fourth-order valence-corrected chi connectivity index (χ4v) is 2.61. The monoisotopic (exact) mass is 361 g/mol. The maximum Gasteiger partial charge on any atom is 0.232 e. The Kier molecular flexibility index (Phi) is 4.60. The third-order valence-electron chi connectivity index (χ3n) is 2.47. The van der Waals surface area contributed by atoms with E-state index in [0.717, 1.165) is 6.42 Å². The topological polar surface area (TPSA) is 47.8 Å². The zero-order chi connectivity index (χ0) is 14.0. The molecule has 0 aliphatic carbocycles. The van der Waals surface area contributed by atoms with E-state index in [1.165, 1.54) is 12.3 Å². The second-order valence-electron chi connectivity index (χ2n) is 3.88. The molecule has 2 rings (SSSR count). The second-order valence-corrected chi connectivity index (χ2v) is 5.58. The molecule has 0 fully saturated rings. The first-order chi connectivity index (χ1) is 9.04. The van der Waals surface area contributed by atoms with Gasteiger partial charge in [-0.2, -0.15) is 5.10 Å². The van der Waals surface area contributed by atoms with Crippen LogP contribution in [0.4, 0.5) is 0 Å². The van der Waals surface area contributed by atoms with Crippen molar-refractivity contribution in [1.82, 2.24) is 14.8 Å². The van der Waals surface area contributed by atoms with Gasteiger partial charge in [-0.05, 0) is 28.4 Å². The summed E-state index contributed by atoms with van der Waals surface area (Å²) in [7, 11) is 0. The molecule has 0 aliphatic heterocycles. The number of aromatic nitrogens is 3. The van der Waals surface area contributed by atoms with Crippen molar-refractivity contribution in [2.45, 2.75) is 19.9 Å². The van der Waals surface area contributed by atoms with Gasteiger partial charge in [-0.25, -0.2) is 4.98 Å². The summed E-state index contributed by atoms with van der Waals surface area (Å²) in [6, 6.07) is 1.50. The number of aryl methyl sites for hydroxylation is 1. The number of carbonyl (C=O) groups excluding carboxylic acids is 1. The standard InChI is InChI=1S/C12H10BrCl2N3O/c1-2-3-18-11(8(13)6-17-18)12(19)10-9(15)4-7(14)5-16-10/h4-6H,2-3H2,1H3. The molecule has 19 heavy (non-hydrogen) atoms. The highest BCUT2D eigenvalue weighted by molar-refractivity contribution is 9.10. The van der Waals surface area contributed by atoms with Crippen LogP contribution in [0.1, 0.15) is 29.5 Å². The van der Waals surface area contributed by atoms with Gasteiger partial charge in [0.1, 0.15) is 11.4 Å². The molecule has 0 atom stereocenters. The summed E-state index contributed by atoms with van der Waals surface area (Å²) in [6.07, 6.45) is 3.86. The van der Waals surface area contributed by atoms with Crippen molar-refractivity contribution in [3.8, 4) is 0 Å². The smallest absolute Gasteiger partial charge is 0.232 e. The van der Waals surface area contributed by atoms with Crippen LogP contribution in [0.2, 0.25) is 10.0 Å². The van der Waals surface area contributed by atoms with E-state index in [9.17, 15) is 4.79 Å². The van der Waals surface area contributed by atoms with Crippen LogP contribution in [0.15, 0.2) is 22.9 Å². The van der Waals surface area contributed by atoms with Gasteiger partial charge in [-0.15, -0.1) is 0 Å². The average Bonchev–Trinajstić information content (AvgIpc) is 2.70. The molecule has 2 aromatic rings. The van der Waals surface area contributed by atoms with Crippen LogP contribution in [0.25, 0.3) is 0 Å². The average molecular weight is 363 g/mol. The van der Waals surface area contributed by atoms with Gasteiger partial charge >= 0.3 is 0 Å². The molecule has 0 aliphatic rings.